The van der Waals surface area contributed by atoms with Crippen LogP contribution < -0.4 is 10.9 Å². The normalized spacial score (nSPS) is 18.3. The zero-order chi connectivity index (χ0) is 15.9. The Morgan fingerprint density at radius 3 is 2.59 bits per heavy atom. The van der Waals surface area contributed by atoms with Crippen LogP contribution in [0, 0.1) is 15.5 Å². The number of carbonyl (C=O) groups excluding carboxylic acids is 1. The van der Waals surface area contributed by atoms with Gasteiger partial charge in [0.2, 0.25) is 5.91 Å². The minimum absolute atomic E-state index is 0.0474. The van der Waals surface area contributed by atoms with Gasteiger partial charge in [-0.05, 0) is 42.3 Å². The Labute approximate surface area is 126 Å². The van der Waals surface area contributed by atoms with Crippen molar-refractivity contribution in [2.24, 2.45) is 5.41 Å². The van der Waals surface area contributed by atoms with Crippen LogP contribution in [-0.2, 0) is 4.79 Å². The van der Waals surface area contributed by atoms with Gasteiger partial charge in [-0.3, -0.25) is 20.3 Å². The highest BCUT2D eigenvalue weighted by molar-refractivity contribution is 5.95. The maximum absolute atomic E-state index is 11.8. The highest BCUT2D eigenvalue weighted by atomic mass is 16.6. The van der Waals surface area contributed by atoms with Gasteiger partial charge in [-0.1, -0.05) is 18.2 Å². The summed E-state index contributed by atoms with van der Waals surface area (Å²) in [6.45, 7) is 3.64. The fourth-order valence-electron chi connectivity index (χ4n) is 2.46. The molecule has 3 rings (SSSR count). The molecule has 112 valence electrons. The van der Waals surface area contributed by atoms with E-state index in [0.717, 1.165) is 22.0 Å². The summed E-state index contributed by atoms with van der Waals surface area (Å²) in [4.78, 5) is 22.4. The van der Waals surface area contributed by atoms with Gasteiger partial charge in [0.05, 0.1) is 10.3 Å². The number of nitrogens with one attached hydrogen (secondary N) is 2. The minimum atomic E-state index is -0.664. The van der Waals surface area contributed by atoms with Crippen molar-refractivity contribution in [1.29, 1.82) is 0 Å². The van der Waals surface area contributed by atoms with Crippen LogP contribution in [0.4, 0.5) is 5.69 Å². The van der Waals surface area contributed by atoms with Crippen LogP contribution in [0.1, 0.15) is 19.4 Å². The molecule has 0 spiro atoms. The van der Waals surface area contributed by atoms with Crippen LogP contribution >= 0.6 is 0 Å². The van der Waals surface area contributed by atoms with Crippen molar-refractivity contribution in [2.45, 2.75) is 13.8 Å². The molecule has 22 heavy (non-hydrogen) atoms. The number of nitrogens with zero attached hydrogens (tertiary/aromatic N) is 1. The number of nitro benzene ring substituents is 1. The van der Waals surface area contributed by atoms with Crippen LogP contribution in [-0.4, -0.2) is 10.8 Å². The monoisotopic (exact) mass is 297 g/mol. The highest BCUT2D eigenvalue weighted by Crippen LogP contribution is 2.32. The van der Waals surface area contributed by atoms with Crippen molar-refractivity contribution < 1.29 is 9.72 Å². The van der Waals surface area contributed by atoms with Crippen molar-refractivity contribution in [3.63, 3.8) is 0 Å². The second-order valence-electron chi connectivity index (χ2n) is 5.77. The van der Waals surface area contributed by atoms with E-state index in [2.05, 4.69) is 10.9 Å². The first-order valence-corrected chi connectivity index (χ1v) is 6.85. The summed E-state index contributed by atoms with van der Waals surface area (Å²) in [7, 11) is 0. The van der Waals surface area contributed by atoms with Crippen molar-refractivity contribution >= 4 is 28.4 Å². The lowest BCUT2D eigenvalue weighted by molar-refractivity contribution is -0.384. The topological polar surface area (TPSA) is 84.3 Å². The molecule has 1 aliphatic rings. The first-order valence-electron chi connectivity index (χ1n) is 6.85. The van der Waals surface area contributed by atoms with Gasteiger partial charge in [-0.25, -0.2) is 0 Å². The molecule has 0 radical (unpaired) electrons. The molecule has 2 aromatic carbocycles. The number of carbonyl (C=O) groups is 1. The zero-order valence-electron chi connectivity index (χ0n) is 12.2. The molecule has 0 atom stereocenters. The molecule has 0 aliphatic carbocycles. The summed E-state index contributed by atoms with van der Waals surface area (Å²) >= 11 is 0. The Hall–Kier alpha value is -2.89. The molecule has 6 heteroatoms. The Morgan fingerprint density at radius 2 is 1.95 bits per heavy atom. The summed E-state index contributed by atoms with van der Waals surface area (Å²) in [5.41, 5.74) is 6.41. The molecular formula is C16H15N3O3. The van der Waals surface area contributed by atoms with Crippen molar-refractivity contribution in [1.82, 2.24) is 10.9 Å². The first kappa shape index (κ1) is 14.1. The van der Waals surface area contributed by atoms with Crippen molar-refractivity contribution in [3.05, 3.63) is 57.8 Å². The summed E-state index contributed by atoms with van der Waals surface area (Å²) in [6.07, 6.45) is 1.85. The highest BCUT2D eigenvalue weighted by Gasteiger charge is 2.37. The van der Waals surface area contributed by atoms with Crippen LogP contribution in [0.5, 0.6) is 0 Å². The molecule has 1 saturated heterocycles. The molecule has 0 bridgehead atoms. The van der Waals surface area contributed by atoms with E-state index >= 15 is 0 Å². The van der Waals surface area contributed by atoms with E-state index < -0.39 is 10.3 Å². The standard InChI is InChI=1S/C16H15N3O3/c1-16(2)14(17-18-15(16)20)8-11-5-3-4-10-6-7-12(19(21)22)9-13(10)11/h3-9,17H,1-2H3,(H,18,20)/b14-8-. The summed E-state index contributed by atoms with van der Waals surface area (Å²) < 4.78 is 0. The molecule has 1 amide bonds. The van der Waals surface area contributed by atoms with E-state index in [-0.39, 0.29) is 11.6 Å². The lowest BCUT2D eigenvalue weighted by atomic mass is 9.88. The van der Waals surface area contributed by atoms with Gasteiger partial charge in [0.15, 0.2) is 0 Å². The van der Waals surface area contributed by atoms with Crippen LogP contribution in [0.2, 0.25) is 0 Å². The van der Waals surface area contributed by atoms with E-state index in [1.807, 2.05) is 38.1 Å². The average Bonchev–Trinajstić information content (AvgIpc) is 2.74. The van der Waals surface area contributed by atoms with Gasteiger partial charge in [-0.15, -0.1) is 0 Å². The fraction of sp³-hybridized carbons (Fsp3) is 0.188. The average molecular weight is 297 g/mol. The number of rotatable bonds is 2. The van der Waals surface area contributed by atoms with Gasteiger partial charge < -0.3 is 5.43 Å². The van der Waals surface area contributed by atoms with Gasteiger partial charge in [-0.2, -0.15) is 0 Å². The predicted molar refractivity (Wildman–Crippen MR) is 83.6 cm³/mol. The van der Waals surface area contributed by atoms with E-state index in [9.17, 15) is 14.9 Å². The SMILES string of the molecule is CC1(C)C(=O)NN/C1=C\c1cccc2ccc([N+](=O)[O-])cc12. The van der Waals surface area contributed by atoms with E-state index in [0.29, 0.717) is 0 Å². The number of non-ortho nitro benzene ring substituents is 1. The molecule has 2 N–H and O–H groups in total. The first-order chi connectivity index (χ1) is 10.4. The predicted octanol–water partition coefficient (Wildman–Crippen LogP) is 2.75. The zero-order valence-corrected chi connectivity index (χ0v) is 12.2. The van der Waals surface area contributed by atoms with Gasteiger partial charge >= 0.3 is 0 Å². The second-order valence-corrected chi connectivity index (χ2v) is 5.77. The van der Waals surface area contributed by atoms with E-state index in [1.54, 1.807) is 12.1 Å². The molecule has 0 unspecified atom stereocenters. The Balaban J connectivity index is 2.17. The Morgan fingerprint density at radius 1 is 1.18 bits per heavy atom. The molecular weight excluding hydrogens is 282 g/mol. The van der Waals surface area contributed by atoms with Crippen LogP contribution in [0.3, 0.4) is 0 Å². The molecule has 0 aromatic heterocycles. The Bertz CT molecular complexity index is 824. The number of amides is 1. The van der Waals surface area contributed by atoms with Gasteiger partial charge in [0.25, 0.3) is 5.69 Å². The third kappa shape index (κ3) is 2.18. The molecule has 6 nitrogen and oxygen atoms in total. The number of fused-ring (bicyclic) bond motifs is 1. The van der Waals surface area contributed by atoms with Gasteiger partial charge in [0.1, 0.15) is 0 Å². The third-order valence-electron chi connectivity index (χ3n) is 3.96. The summed E-state index contributed by atoms with van der Waals surface area (Å²) in [6, 6.07) is 10.4. The second kappa shape index (κ2) is 4.84. The Kier molecular flexibility index (Phi) is 3.09. The van der Waals surface area contributed by atoms with E-state index in [1.165, 1.54) is 6.07 Å². The summed E-state index contributed by atoms with van der Waals surface area (Å²) in [5, 5.41) is 12.7. The maximum atomic E-state index is 11.8. The number of hydrogen-bond acceptors (Lipinski definition) is 4. The quantitative estimate of drug-likeness (QED) is 0.659. The fourth-order valence-corrected chi connectivity index (χ4v) is 2.46. The largest absolute Gasteiger partial charge is 0.302 e. The third-order valence-corrected chi connectivity index (χ3v) is 3.96. The van der Waals surface area contributed by atoms with Crippen molar-refractivity contribution in [3.8, 4) is 0 Å². The van der Waals surface area contributed by atoms with E-state index in [4.69, 9.17) is 0 Å². The van der Waals surface area contributed by atoms with Crippen LogP contribution in [0.25, 0.3) is 16.8 Å². The maximum Gasteiger partial charge on any atom is 0.270 e. The van der Waals surface area contributed by atoms with Crippen LogP contribution in [0.15, 0.2) is 42.1 Å². The molecule has 1 aliphatic heterocycles. The molecule has 2 aromatic rings. The number of hydrazine groups is 1. The lowest BCUT2D eigenvalue weighted by Crippen LogP contribution is -2.28. The number of hydrogen-bond donors (Lipinski definition) is 2. The molecule has 0 saturated carbocycles. The summed E-state index contributed by atoms with van der Waals surface area (Å²) in [5.74, 6) is -0.107. The number of benzene rings is 2. The smallest absolute Gasteiger partial charge is 0.270 e. The number of nitro groups is 1. The minimum Gasteiger partial charge on any atom is -0.302 e. The lowest BCUT2D eigenvalue weighted by Gasteiger charge is -2.14. The van der Waals surface area contributed by atoms with Gasteiger partial charge in [0, 0.05) is 17.8 Å². The molecule has 1 fully saturated rings. The van der Waals surface area contributed by atoms with Crippen molar-refractivity contribution in [2.75, 3.05) is 0 Å². The molecule has 1 heterocycles.